The van der Waals surface area contributed by atoms with E-state index in [1.54, 1.807) is 0 Å². The fourth-order valence-corrected chi connectivity index (χ4v) is 3.39. The van der Waals surface area contributed by atoms with E-state index >= 15 is 0 Å². The quantitative estimate of drug-likeness (QED) is 0.711. The maximum Gasteiger partial charge on any atom is 0.325 e. The minimum atomic E-state index is -0.855. The van der Waals surface area contributed by atoms with Crippen LogP contribution in [0.5, 0.6) is 0 Å². The van der Waals surface area contributed by atoms with Crippen LogP contribution in [0.3, 0.4) is 0 Å². The second kappa shape index (κ2) is 8.14. The van der Waals surface area contributed by atoms with Gasteiger partial charge in [0.1, 0.15) is 12.1 Å². The van der Waals surface area contributed by atoms with Gasteiger partial charge in [-0.1, -0.05) is 57.0 Å². The van der Waals surface area contributed by atoms with Crippen molar-refractivity contribution in [3.8, 4) is 0 Å². The summed E-state index contributed by atoms with van der Waals surface area (Å²) >= 11 is 0. The van der Waals surface area contributed by atoms with Crippen LogP contribution in [0, 0.1) is 0 Å². The molecule has 0 aromatic heterocycles. The Morgan fingerprint density at radius 3 is 2.32 bits per heavy atom. The van der Waals surface area contributed by atoms with Crippen LogP contribution in [-0.2, 0) is 9.59 Å². The molecule has 0 spiro atoms. The first-order valence-corrected chi connectivity index (χ1v) is 8.92. The van der Waals surface area contributed by atoms with Gasteiger partial charge in [-0.15, -0.1) is 0 Å². The summed E-state index contributed by atoms with van der Waals surface area (Å²) in [5.74, 6) is -0.632. The third kappa shape index (κ3) is 4.18. The maximum atomic E-state index is 12.8. The molecule has 1 fully saturated rings. The van der Waals surface area contributed by atoms with Crippen molar-refractivity contribution in [3.05, 3.63) is 35.9 Å². The zero-order valence-electron chi connectivity index (χ0n) is 15.2. The van der Waals surface area contributed by atoms with E-state index < -0.39 is 11.6 Å². The van der Waals surface area contributed by atoms with E-state index in [4.69, 9.17) is 0 Å². The Labute approximate surface area is 149 Å². The van der Waals surface area contributed by atoms with Crippen molar-refractivity contribution in [1.82, 2.24) is 15.5 Å². The number of hydrogen-bond donors (Lipinski definition) is 2. The Hall–Kier alpha value is -2.37. The molecule has 2 rings (SSSR count). The predicted octanol–water partition coefficient (Wildman–Crippen LogP) is 2.75. The number of nitrogens with one attached hydrogen (secondary N) is 2. The highest BCUT2D eigenvalue weighted by Gasteiger charge is 2.50. The Morgan fingerprint density at radius 1 is 1.16 bits per heavy atom. The van der Waals surface area contributed by atoms with E-state index in [0.29, 0.717) is 12.8 Å². The molecule has 1 aromatic rings. The van der Waals surface area contributed by atoms with Crippen LogP contribution >= 0.6 is 0 Å². The molecule has 0 bridgehead atoms. The Kier molecular flexibility index (Phi) is 6.17. The van der Waals surface area contributed by atoms with Gasteiger partial charge in [-0.25, -0.2) is 4.79 Å². The van der Waals surface area contributed by atoms with Crippen molar-refractivity contribution in [1.29, 1.82) is 0 Å². The lowest BCUT2D eigenvalue weighted by atomic mass is 9.88. The number of carbonyl (C=O) groups is 3. The summed E-state index contributed by atoms with van der Waals surface area (Å²) in [7, 11) is 0. The third-order valence-electron chi connectivity index (χ3n) is 4.58. The van der Waals surface area contributed by atoms with E-state index in [9.17, 15) is 14.4 Å². The molecule has 4 amide bonds. The van der Waals surface area contributed by atoms with Crippen LogP contribution in [0.4, 0.5) is 4.79 Å². The molecule has 1 aliphatic rings. The third-order valence-corrected chi connectivity index (χ3v) is 4.58. The normalized spacial score (nSPS) is 17.3. The van der Waals surface area contributed by atoms with E-state index in [1.807, 2.05) is 51.1 Å². The van der Waals surface area contributed by atoms with Gasteiger partial charge in [-0.05, 0) is 25.3 Å². The van der Waals surface area contributed by atoms with Crippen molar-refractivity contribution < 1.29 is 14.4 Å². The Morgan fingerprint density at radius 2 is 1.76 bits per heavy atom. The summed E-state index contributed by atoms with van der Waals surface area (Å²) in [6, 6.07) is 8.89. The SMILES string of the molecule is CCCC1(CCC)NC(=O)N(CC(=O)NC(C)c2ccccc2)C1=O. The molecule has 136 valence electrons. The molecule has 0 saturated carbocycles. The van der Waals surface area contributed by atoms with E-state index in [1.165, 1.54) is 0 Å². The number of nitrogens with zero attached hydrogens (tertiary/aromatic N) is 1. The zero-order chi connectivity index (χ0) is 18.4. The highest BCUT2D eigenvalue weighted by Crippen LogP contribution is 2.27. The van der Waals surface area contributed by atoms with Crippen molar-refractivity contribution in [2.45, 2.75) is 58.0 Å². The van der Waals surface area contributed by atoms with Gasteiger partial charge >= 0.3 is 6.03 Å². The van der Waals surface area contributed by atoms with Crippen LogP contribution in [0.1, 0.15) is 58.1 Å². The summed E-state index contributed by atoms with van der Waals surface area (Å²) in [5, 5.41) is 5.66. The molecule has 1 heterocycles. The van der Waals surface area contributed by atoms with Gasteiger partial charge in [0.05, 0.1) is 6.04 Å². The Balaban J connectivity index is 2.03. The monoisotopic (exact) mass is 345 g/mol. The second-order valence-corrected chi connectivity index (χ2v) is 6.60. The first kappa shape index (κ1) is 19.0. The fourth-order valence-electron chi connectivity index (χ4n) is 3.39. The first-order chi connectivity index (χ1) is 11.9. The zero-order valence-corrected chi connectivity index (χ0v) is 15.2. The average Bonchev–Trinajstić information content (AvgIpc) is 2.80. The minimum absolute atomic E-state index is 0.189. The molecular formula is C19H27N3O3. The first-order valence-electron chi connectivity index (χ1n) is 8.92. The number of rotatable bonds is 8. The number of amides is 4. The van der Waals surface area contributed by atoms with Crippen molar-refractivity contribution in [2.24, 2.45) is 0 Å². The molecule has 1 saturated heterocycles. The number of hydrogen-bond acceptors (Lipinski definition) is 3. The molecule has 6 nitrogen and oxygen atoms in total. The molecular weight excluding hydrogens is 318 g/mol. The molecule has 1 aromatic carbocycles. The van der Waals surface area contributed by atoms with Gasteiger partial charge in [0.25, 0.3) is 5.91 Å². The van der Waals surface area contributed by atoms with E-state index in [2.05, 4.69) is 10.6 Å². The molecule has 0 radical (unpaired) electrons. The summed E-state index contributed by atoms with van der Waals surface area (Å²) in [4.78, 5) is 38.4. The molecule has 0 aliphatic carbocycles. The minimum Gasteiger partial charge on any atom is -0.348 e. The van der Waals surface area contributed by atoms with Crippen LogP contribution in [0.2, 0.25) is 0 Å². The number of carbonyl (C=O) groups excluding carboxylic acids is 3. The highest BCUT2D eigenvalue weighted by atomic mass is 16.2. The van der Waals surface area contributed by atoms with Crippen LogP contribution in [0.25, 0.3) is 0 Å². The summed E-state index contributed by atoms with van der Waals surface area (Å²) in [6.45, 7) is 5.58. The van der Waals surface area contributed by atoms with Gasteiger partial charge in [0.15, 0.2) is 0 Å². The molecule has 6 heteroatoms. The average molecular weight is 345 g/mol. The Bertz CT molecular complexity index is 624. The number of urea groups is 1. The van der Waals surface area contributed by atoms with E-state index in [-0.39, 0.29) is 24.4 Å². The van der Waals surface area contributed by atoms with Gasteiger partial charge in [0, 0.05) is 0 Å². The van der Waals surface area contributed by atoms with Gasteiger partial charge in [-0.2, -0.15) is 0 Å². The van der Waals surface area contributed by atoms with Gasteiger partial charge in [-0.3, -0.25) is 14.5 Å². The standard InChI is InChI=1S/C19H27N3O3/c1-4-11-19(12-5-2)17(24)22(18(25)21-19)13-16(23)20-14(3)15-9-7-6-8-10-15/h6-10,14H,4-5,11-13H2,1-3H3,(H,20,23)(H,21,25). The van der Waals surface area contributed by atoms with Gasteiger partial charge < -0.3 is 10.6 Å². The molecule has 25 heavy (non-hydrogen) atoms. The predicted molar refractivity (Wildman–Crippen MR) is 95.8 cm³/mol. The lowest BCUT2D eigenvalue weighted by Crippen LogP contribution is -2.47. The number of benzene rings is 1. The summed E-state index contributed by atoms with van der Waals surface area (Å²) in [6.07, 6.45) is 2.75. The smallest absolute Gasteiger partial charge is 0.325 e. The lowest BCUT2D eigenvalue weighted by molar-refractivity contribution is -0.135. The number of imide groups is 1. The topological polar surface area (TPSA) is 78.5 Å². The largest absolute Gasteiger partial charge is 0.348 e. The molecule has 1 unspecified atom stereocenters. The van der Waals surface area contributed by atoms with Crippen LogP contribution < -0.4 is 10.6 Å². The van der Waals surface area contributed by atoms with Crippen molar-refractivity contribution >= 4 is 17.8 Å². The van der Waals surface area contributed by atoms with Crippen molar-refractivity contribution in [2.75, 3.05) is 6.54 Å². The summed E-state index contributed by atoms with van der Waals surface area (Å²) < 4.78 is 0. The van der Waals surface area contributed by atoms with Gasteiger partial charge in [0.2, 0.25) is 5.91 Å². The second-order valence-electron chi connectivity index (χ2n) is 6.60. The molecule has 1 atom stereocenters. The van der Waals surface area contributed by atoms with Crippen LogP contribution in [-0.4, -0.2) is 34.8 Å². The lowest BCUT2D eigenvalue weighted by Gasteiger charge is -2.25. The fraction of sp³-hybridized carbons (Fsp3) is 0.526. The highest BCUT2D eigenvalue weighted by molar-refractivity contribution is 6.09. The van der Waals surface area contributed by atoms with Crippen molar-refractivity contribution in [3.63, 3.8) is 0 Å². The molecule has 1 aliphatic heterocycles. The van der Waals surface area contributed by atoms with Crippen LogP contribution in [0.15, 0.2) is 30.3 Å². The summed E-state index contributed by atoms with van der Waals surface area (Å²) in [5.41, 5.74) is 0.116. The maximum absolute atomic E-state index is 12.8. The molecule has 2 N–H and O–H groups in total. The van der Waals surface area contributed by atoms with E-state index in [0.717, 1.165) is 23.3 Å².